The van der Waals surface area contributed by atoms with Gasteiger partial charge in [-0.2, -0.15) is 0 Å². The maximum Gasteiger partial charge on any atom is 0.253 e. The van der Waals surface area contributed by atoms with Gasteiger partial charge in [0.05, 0.1) is 5.56 Å². The molecule has 2 amide bonds. The van der Waals surface area contributed by atoms with Crippen LogP contribution >= 0.6 is 0 Å². The molecule has 0 atom stereocenters. The predicted octanol–water partition coefficient (Wildman–Crippen LogP) is 3.55. The van der Waals surface area contributed by atoms with Crippen molar-refractivity contribution >= 4 is 23.2 Å². The Morgan fingerprint density at radius 3 is 2.44 bits per heavy atom. The van der Waals surface area contributed by atoms with Crippen LogP contribution in [0.25, 0.3) is 0 Å². The molecule has 0 spiro atoms. The summed E-state index contributed by atoms with van der Waals surface area (Å²) in [5.41, 5.74) is 2.27. The predicted molar refractivity (Wildman–Crippen MR) is 101 cm³/mol. The minimum absolute atomic E-state index is 0.0185. The number of carbonyl (C=O) groups is 2. The summed E-state index contributed by atoms with van der Waals surface area (Å²) in [5, 5.41) is 6.02. The third-order valence-corrected chi connectivity index (χ3v) is 4.58. The monoisotopic (exact) mass is 343 g/mol. The van der Waals surface area contributed by atoms with E-state index in [9.17, 15) is 9.59 Å². The van der Waals surface area contributed by atoms with Gasteiger partial charge in [-0.15, -0.1) is 0 Å². The van der Waals surface area contributed by atoms with Gasteiger partial charge in [0, 0.05) is 36.9 Å². The zero-order valence-electron chi connectivity index (χ0n) is 15.5. The van der Waals surface area contributed by atoms with Crippen LogP contribution in [0.4, 0.5) is 11.4 Å². The number of nitrogens with zero attached hydrogens (tertiary/aromatic N) is 1. The minimum Gasteiger partial charge on any atom is -0.371 e. The van der Waals surface area contributed by atoms with Gasteiger partial charge in [0.15, 0.2) is 0 Å². The Morgan fingerprint density at radius 1 is 1.16 bits per heavy atom. The van der Waals surface area contributed by atoms with E-state index in [0.717, 1.165) is 44.5 Å². The molecule has 2 N–H and O–H groups in total. The second kappa shape index (κ2) is 7.06. The second-order valence-electron chi connectivity index (χ2n) is 8.46. The zero-order chi connectivity index (χ0) is 18.0. The van der Waals surface area contributed by atoms with Gasteiger partial charge in [0.2, 0.25) is 5.91 Å². The normalized spacial score (nSPS) is 17.5. The van der Waals surface area contributed by atoms with Crippen LogP contribution in [0.1, 0.15) is 63.2 Å². The van der Waals surface area contributed by atoms with Gasteiger partial charge >= 0.3 is 0 Å². The number of hydrogen-bond donors (Lipinski definition) is 2. The average Bonchev–Trinajstić information content (AvgIpc) is 3.15. The maximum atomic E-state index is 12.7. The number of rotatable bonds is 5. The molecule has 1 saturated carbocycles. The highest BCUT2D eigenvalue weighted by Gasteiger charge is 2.27. The van der Waals surface area contributed by atoms with Gasteiger partial charge in [-0.1, -0.05) is 20.8 Å². The Kier molecular flexibility index (Phi) is 5.02. The minimum atomic E-state index is -0.0637. The molecule has 5 nitrogen and oxygen atoms in total. The lowest BCUT2D eigenvalue weighted by Gasteiger charge is -2.22. The first-order valence-corrected chi connectivity index (χ1v) is 9.31. The lowest BCUT2D eigenvalue weighted by Crippen LogP contribution is -2.29. The summed E-state index contributed by atoms with van der Waals surface area (Å²) < 4.78 is 0. The van der Waals surface area contributed by atoms with Crippen LogP contribution in [0.2, 0.25) is 0 Å². The summed E-state index contributed by atoms with van der Waals surface area (Å²) in [7, 11) is 0. The molecule has 5 heteroatoms. The van der Waals surface area contributed by atoms with Crippen LogP contribution in [0.15, 0.2) is 18.2 Å². The summed E-state index contributed by atoms with van der Waals surface area (Å²) in [6.07, 6.45) is 4.89. The van der Waals surface area contributed by atoms with Crippen LogP contribution in [0.5, 0.6) is 0 Å². The third kappa shape index (κ3) is 4.97. The van der Waals surface area contributed by atoms with Gasteiger partial charge in [0.1, 0.15) is 0 Å². The summed E-state index contributed by atoms with van der Waals surface area (Å²) in [6.45, 7) is 8.09. The fraction of sp³-hybridized carbons (Fsp3) is 0.600. The third-order valence-electron chi connectivity index (χ3n) is 4.58. The van der Waals surface area contributed by atoms with Gasteiger partial charge in [-0.25, -0.2) is 0 Å². The molecule has 1 saturated heterocycles. The van der Waals surface area contributed by atoms with Crippen molar-refractivity contribution in [2.24, 2.45) is 5.41 Å². The van der Waals surface area contributed by atoms with Crippen molar-refractivity contribution in [1.82, 2.24) is 5.32 Å². The van der Waals surface area contributed by atoms with E-state index in [-0.39, 0.29) is 17.2 Å². The van der Waals surface area contributed by atoms with Crippen LogP contribution in [0.3, 0.4) is 0 Å². The molecule has 1 aromatic rings. The fourth-order valence-corrected chi connectivity index (χ4v) is 3.21. The van der Waals surface area contributed by atoms with E-state index in [0.29, 0.717) is 23.7 Å². The van der Waals surface area contributed by atoms with E-state index >= 15 is 0 Å². The van der Waals surface area contributed by atoms with Gasteiger partial charge in [-0.05, 0) is 49.3 Å². The molecule has 0 bridgehead atoms. The first-order chi connectivity index (χ1) is 11.8. The van der Waals surface area contributed by atoms with Crippen molar-refractivity contribution in [3.8, 4) is 0 Å². The molecule has 1 aromatic carbocycles. The summed E-state index contributed by atoms with van der Waals surface area (Å²) in [5.74, 6) is -0.0497. The van der Waals surface area contributed by atoms with E-state index in [1.165, 1.54) is 0 Å². The lowest BCUT2D eigenvalue weighted by molar-refractivity contribution is -0.117. The number of amides is 2. The van der Waals surface area contributed by atoms with Gasteiger partial charge in [0.25, 0.3) is 5.91 Å². The quantitative estimate of drug-likeness (QED) is 0.859. The number of nitrogens with one attached hydrogen (secondary N) is 2. The Hall–Kier alpha value is -2.04. The molecule has 1 aliphatic heterocycles. The van der Waals surface area contributed by atoms with Crippen molar-refractivity contribution < 1.29 is 9.59 Å². The van der Waals surface area contributed by atoms with Crippen molar-refractivity contribution in [1.29, 1.82) is 0 Å². The van der Waals surface area contributed by atoms with Crippen molar-refractivity contribution in [3.05, 3.63) is 23.8 Å². The van der Waals surface area contributed by atoms with Crippen LogP contribution in [-0.2, 0) is 4.79 Å². The molecule has 0 aromatic heterocycles. The van der Waals surface area contributed by atoms with E-state index in [2.05, 4.69) is 15.5 Å². The average molecular weight is 343 g/mol. The van der Waals surface area contributed by atoms with Crippen LogP contribution in [-0.4, -0.2) is 30.9 Å². The molecule has 136 valence electrons. The second-order valence-corrected chi connectivity index (χ2v) is 8.46. The largest absolute Gasteiger partial charge is 0.371 e. The molecule has 1 aliphatic carbocycles. The SMILES string of the molecule is CC(C)(C)CC(=O)Nc1ccc(N2CCCC2)c(C(=O)NC2CC2)c1. The van der Waals surface area contributed by atoms with E-state index < -0.39 is 0 Å². The Balaban J connectivity index is 1.80. The van der Waals surface area contributed by atoms with Crippen molar-refractivity contribution in [3.63, 3.8) is 0 Å². The topological polar surface area (TPSA) is 61.4 Å². The molecule has 1 heterocycles. The Morgan fingerprint density at radius 2 is 1.84 bits per heavy atom. The van der Waals surface area contributed by atoms with Gasteiger partial charge in [-0.3, -0.25) is 9.59 Å². The first-order valence-electron chi connectivity index (χ1n) is 9.31. The molecule has 2 aliphatic rings. The van der Waals surface area contributed by atoms with Crippen molar-refractivity contribution in [2.75, 3.05) is 23.3 Å². The Bertz CT molecular complexity index is 653. The highest BCUT2D eigenvalue weighted by Crippen LogP contribution is 2.29. The summed E-state index contributed by atoms with van der Waals surface area (Å²) >= 11 is 0. The highest BCUT2D eigenvalue weighted by molar-refractivity contribution is 6.02. The van der Waals surface area contributed by atoms with Crippen LogP contribution in [0, 0.1) is 5.41 Å². The highest BCUT2D eigenvalue weighted by atomic mass is 16.2. The molecule has 25 heavy (non-hydrogen) atoms. The molecule has 3 rings (SSSR count). The van der Waals surface area contributed by atoms with Crippen molar-refractivity contribution in [2.45, 2.75) is 58.9 Å². The lowest BCUT2D eigenvalue weighted by atomic mass is 9.92. The van der Waals surface area contributed by atoms with Gasteiger partial charge < -0.3 is 15.5 Å². The summed E-state index contributed by atoms with van der Waals surface area (Å²) in [4.78, 5) is 27.2. The number of benzene rings is 1. The molecule has 0 radical (unpaired) electrons. The summed E-state index contributed by atoms with van der Waals surface area (Å²) in [6, 6.07) is 6.02. The molecule has 0 unspecified atom stereocenters. The molecular formula is C20H29N3O2. The zero-order valence-corrected chi connectivity index (χ0v) is 15.5. The van der Waals surface area contributed by atoms with E-state index in [1.54, 1.807) is 0 Å². The smallest absolute Gasteiger partial charge is 0.253 e. The van der Waals surface area contributed by atoms with E-state index in [1.807, 2.05) is 39.0 Å². The van der Waals surface area contributed by atoms with E-state index in [4.69, 9.17) is 0 Å². The molecule has 2 fully saturated rings. The number of anilines is 2. The Labute approximate surface area is 150 Å². The van der Waals surface area contributed by atoms with Crippen LogP contribution < -0.4 is 15.5 Å². The first kappa shape index (κ1) is 17.8. The number of hydrogen-bond acceptors (Lipinski definition) is 3. The standard InChI is InChI=1S/C20H29N3O2/c1-20(2,3)13-18(24)21-15-8-9-17(23-10-4-5-11-23)16(12-15)19(25)22-14-6-7-14/h8-9,12,14H,4-7,10-11,13H2,1-3H3,(H,21,24)(H,22,25). The maximum absolute atomic E-state index is 12.7. The molecular weight excluding hydrogens is 314 g/mol. The fourth-order valence-electron chi connectivity index (χ4n) is 3.21. The number of carbonyl (C=O) groups excluding carboxylic acids is 2.